The minimum Gasteiger partial charge on any atom is -0.507 e. The summed E-state index contributed by atoms with van der Waals surface area (Å²) in [7, 11) is 5.95. The highest BCUT2D eigenvalue weighted by Crippen LogP contribution is 2.45. The lowest BCUT2D eigenvalue weighted by Crippen LogP contribution is -2.32. The normalized spacial score (nSPS) is 16.2. The Balaban J connectivity index is 1.73. The number of likely N-dealkylation sites (tertiary alicyclic amines) is 1. The molecule has 1 unspecified atom stereocenters. The molecule has 3 aromatic carbocycles. The SMILES string of the molecule is COCCN1C(=O)C(=O)/C(=C(\O)c2ccc(OCc3cccc(C)c3)cc2)C1c1cc(OC)c(OC)c(OC)c1. The quantitative estimate of drug-likeness (QED) is 0.210. The lowest BCUT2D eigenvalue weighted by Gasteiger charge is -2.26. The lowest BCUT2D eigenvalue weighted by atomic mass is 9.94. The summed E-state index contributed by atoms with van der Waals surface area (Å²) in [6, 6.07) is 17.1. The zero-order valence-electron chi connectivity index (χ0n) is 23.2. The highest BCUT2D eigenvalue weighted by molar-refractivity contribution is 6.46. The van der Waals surface area contributed by atoms with Gasteiger partial charge in [-0.15, -0.1) is 0 Å². The summed E-state index contributed by atoms with van der Waals surface area (Å²) in [5.41, 5.74) is 3.00. The predicted octanol–water partition coefficient (Wildman–Crippen LogP) is 4.67. The monoisotopic (exact) mass is 547 g/mol. The van der Waals surface area contributed by atoms with Gasteiger partial charge < -0.3 is 33.7 Å². The van der Waals surface area contributed by atoms with E-state index in [2.05, 4.69) is 0 Å². The number of aliphatic hydroxyl groups excluding tert-OH is 1. The van der Waals surface area contributed by atoms with Gasteiger partial charge in [0.15, 0.2) is 11.5 Å². The molecule has 40 heavy (non-hydrogen) atoms. The van der Waals surface area contributed by atoms with E-state index in [0.29, 0.717) is 40.7 Å². The van der Waals surface area contributed by atoms with Gasteiger partial charge in [0.25, 0.3) is 11.7 Å². The first-order valence-electron chi connectivity index (χ1n) is 12.7. The van der Waals surface area contributed by atoms with Crippen LogP contribution >= 0.6 is 0 Å². The number of Topliss-reactive ketones (excluding diaryl/α,β-unsaturated/α-hetero) is 1. The zero-order valence-corrected chi connectivity index (χ0v) is 23.2. The van der Waals surface area contributed by atoms with Crippen LogP contribution in [0.3, 0.4) is 0 Å². The van der Waals surface area contributed by atoms with Crippen molar-refractivity contribution in [3.8, 4) is 23.0 Å². The average molecular weight is 548 g/mol. The maximum atomic E-state index is 13.3. The molecule has 1 atom stereocenters. The molecule has 0 bridgehead atoms. The Morgan fingerprint density at radius 3 is 2.15 bits per heavy atom. The van der Waals surface area contributed by atoms with E-state index in [-0.39, 0.29) is 24.5 Å². The number of ether oxygens (including phenoxy) is 5. The summed E-state index contributed by atoms with van der Waals surface area (Å²) in [6.07, 6.45) is 0. The molecule has 0 spiro atoms. The number of hydrogen-bond acceptors (Lipinski definition) is 8. The Bertz CT molecular complexity index is 1390. The number of aryl methyl sites for hydroxylation is 1. The molecule has 210 valence electrons. The molecular weight excluding hydrogens is 514 g/mol. The number of methoxy groups -OCH3 is 4. The van der Waals surface area contributed by atoms with Gasteiger partial charge in [0.2, 0.25) is 5.75 Å². The largest absolute Gasteiger partial charge is 0.507 e. The third kappa shape index (κ3) is 5.74. The number of ketones is 1. The Hall–Kier alpha value is -4.50. The first-order valence-corrected chi connectivity index (χ1v) is 12.7. The maximum Gasteiger partial charge on any atom is 0.295 e. The number of rotatable bonds is 11. The third-order valence-corrected chi connectivity index (χ3v) is 6.69. The van der Waals surface area contributed by atoms with E-state index in [1.165, 1.54) is 33.3 Å². The van der Waals surface area contributed by atoms with Crippen molar-refractivity contribution in [2.45, 2.75) is 19.6 Å². The molecule has 1 aliphatic heterocycles. The first-order chi connectivity index (χ1) is 19.3. The van der Waals surface area contributed by atoms with Crippen LogP contribution in [0.5, 0.6) is 23.0 Å². The van der Waals surface area contributed by atoms with Crippen molar-refractivity contribution in [2.75, 3.05) is 41.6 Å². The fourth-order valence-corrected chi connectivity index (χ4v) is 4.74. The smallest absolute Gasteiger partial charge is 0.295 e. The Morgan fingerprint density at radius 2 is 1.57 bits per heavy atom. The Kier molecular flexibility index (Phi) is 8.96. The fraction of sp³-hybridized carbons (Fsp3) is 0.290. The molecule has 0 radical (unpaired) electrons. The van der Waals surface area contributed by atoms with Gasteiger partial charge >= 0.3 is 0 Å². The third-order valence-electron chi connectivity index (χ3n) is 6.69. The second kappa shape index (κ2) is 12.6. The number of carbonyl (C=O) groups is 2. The van der Waals surface area contributed by atoms with E-state index < -0.39 is 17.7 Å². The van der Waals surface area contributed by atoms with Crippen LogP contribution in [-0.4, -0.2) is 63.3 Å². The summed E-state index contributed by atoms with van der Waals surface area (Å²) in [5, 5.41) is 11.4. The van der Waals surface area contributed by atoms with Gasteiger partial charge in [-0.05, 0) is 54.4 Å². The van der Waals surface area contributed by atoms with Crippen LogP contribution in [0.15, 0.2) is 66.2 Å². The average Bonchev–Trinajstić information content (AvgIpc) is 3.23. The molecule has 1 fully saturated rings. The van der Waals surface area contributed by atoms with Crippen molar-refractivity contribution in [1.82, 2.24) is 4.90 Å². The number of carbonyl (C=O) groups excluding carboxylic acids is 2. The topological polar surface area (TPSA) is 104 Å². The van der Waals surface area contributed by atoms with Gasteiger partial charge in [-0.2, -0.15) is 0 Å². The molecule has 9 heteroatoms. The second-order valence-corrected chi connectivity index (χ2v) is 9.25. The fourth-order valence-electron chi connectivity index (χ4n) is 4.74. The summed E-state index contributed by atoms with van der Waals surface area (Å²) in [4.78, 5) is 27.8. The Morgan fingerprint density at radius 1 is 0.900 bits per heavy atom. The molecule has 1 saturated heterocycles. The number of hydrogen-bond donors (Lipinski definition) is 1. The van der Waals surface area contributed by atoms with Crippen LogP contribution < -0.4 is 18.9 Å². The van der Waals surface area contributed by atoms with Crippen LogP contribution in [0.4, 0.5) is 0 Å². The van der Waals surface area contributed by atoms with E-state index >= 15 is 0 Å². The highest BCUT2D eigenvalue weighted by Gasteiger charge is 2.46. The molecule has 4 rings (SSSR count). The molecule has 1 heterocycles. The Labute approximate surface area is 233 Å². The second-order valence-electron chi connectivity index (χ2n) is 9.25. The van der Waals surface area contributed by atoms with Crippen LogP contribution in [-0.2, 0) is 20.9 Å². The molecule has 3 aromatic rings. The molecule has 0 saturated carbocycles. The van der Waals surface area contributed by atoms with Crippen molar-refractivity contribution in [3.63, 3.8) is 0 Å². The first kappa shape index (κ1) is 28.5. The van der Waals surface area contributed by atoms with Gasteiger partial charge in [-0.3, -0.25) is 9.59 Å². The molecular formula is C31H33NO8. The molecule has 9 nitrogen and oxygen atoms in total. The summed E-state index contributed by atoms with van der Waals surface area (Å²) >= 11 is 0. The highest BCUT2D eigenvalue weighted by atomic mass is 16.5. The van der Waals surface area contributed by atoms with Crippen molar-refractivity contribution >= 4 is 17.4 Å². The van der Waals surface area contributed by atoms with Crippen molar-refractivity contribution < 1.29 is 38.4 Å². The standard InChI is InChI=1S/C31H33NO8/c1-19-7-6-8-20(15-19)18-40-23-11-9-21(10-12-23)28(33)26-27(32(13-14-36-2)31(35)29(26)34)22-16-24(37-3)30(39-5)25(17-22)38-4/h6-12,15-17,27,33H,13-14,18H2,1-5H3/b28-26-. The summed E-state index contributed by atoms with van der Waals surface area (Å²) in [6.45, 7) is 2.73. The number of benzene rings is 3. The van der Waals surface area contributed by atoms with Gasteiger partial charge in [-0.1, -0.05) is 29.8 Å². The van der Waals surface area contributed by atoms with E-state index in [4.69, 9.17) is 23.7 Å². The van der Waals surface area contributed by atoms with E-state index in [9.17, 15) is 14.7 Å². The zero-order chi connectivity index (χ0) is 28.8. The summed E-state index contributed by atoms with van der Waals surface area (Å²) in [5.74, 6) is -0.179. The van der Waals surface area contributed by atoms with Crippen molar-refractivity contribution in [3.05, 3.63) is 88.5 Å². The molecule has 1 N–H and O–H groups in total. The van der Waals surface area contributed by atoms with Crippen LogP contribution in [0, 0.1) is 6.92 Å². The summed E-state index contributed by atoms with van der Waals surface area (Å²) < 4.78 is 27.5. The minimum atomic E-state index is -0.916. The number of amides is 1. The lowest BCUT2D eigenvalue weighted by molar-refractivity contribution is -0.140. The molecule has 0 aromatic heterocycles. The van der Waals surface area contributed by atoms with Crippen molar-refractivity contribution in [1.29, 1.82) is 0 Å². The molecule has 1 amide bonds. The van der Waals surface area contributed by atoms with Crippen LogP contribution in [0.25, 0.3) is 5.76 Å². The molecule has 0 aliphatic carbocycles. The van der Waals surface area contributed by atoms with Crippen molar-refractivity contribution in [2.24, 2.45) is 0 Å². The predicted molar refractivity (Wildman–Crippen MR) is 149 cm³/mol. The van der Waals surface area contributed by atoms with Gasteiger partial charge in [0.05, 0.1) is 39.6 Å². The number of aliphatic hydroxyl groups is 1. The van der Waals surface area contributed by atoms with Crippen LogP contribution in [0.1, 0.15) is 28.3 Å². The maximum absolute atomic E-state index is 13.3. The molecule has 1 aliphatic rings. The number of nitrogens with zero attached hydrogens (tertiary/aromatic N) is 1. The van der Waals surface area contributed by atoms with E-state index in [1.54, 1.807) is 36.4 Å². The van der Waals surface area contributed by atoms with E-state index in [1.807, 2.05) is 31.2 Å². The van der Waals surface area contributed by atoms with E-state index in [0.717, 1.165) is 11.1 Å². The minimum absolute atomic E-state index is 0.0520. The van der Waals surface area contributed by atoms with Gasteiger partial charge in [0.1, 0.15) is 18.1 Å². The van der Waals surface area contributed by atoms with Crippen LogP contribution in [0.2, 0.25) is 0 Å². The van der Waals surface area contributed by atoms with Gasteiger partial charge in [0, 0.05) is 19.2 Å². The van der Waals surface area contributed by atoms with Gasteiger partial charge in [-0.25, -0.2) is 0 Å².